The maximum atomic E-state index is 13.6. The van der Waals surface area contributed by atoms with E-state index in [2.05, 4.69) is 17.1 Å². The molecule has 0 aromatic heterocycles. The quantitative estimate of drug-likeness (QED) is 0.284. The van der Waals surface area contributed by atoms with E-state index >= 15 is 0 Å². The van der Waals surface area contributed by atoms with Crippen molar-refractivity contribution in [3.63, 3.8) is 0 Å². The fourth-order valence-electron chi connectivity index (χ4n) is 2.73. The van der Waals surface area contributed by atoms with Crippen LogP contribution in [0.4, 0.5) is 4.39 Å². The van der Waals surface area contributed by atoms with Crippen LogP contribution in [0.25, 0.3) is 0 Å². The third-order valence-corrected chi connectivity index (χ3v) is 4.39. The van der Waals surface area contributed by atoms with E-state index in [-0.39, 0.29) is 18.3 Å². The molecule has 164 valence electrons. The summed E-state index contributed by atoms with van der Waals surface area (Å²) in [7, 11) is 1.50. The first-order valence-electron chi connectivity index (χ1n) is 9.82. The number of amides is 1. The molecule has 0 spiro atoms. The number of methoxy groups -OCH3 is 1. The molecule has 7 heteroatoms. The van der Waals surface area contributed by atoms with Gasteiger partial charge in [0.2, 0.25) is 0 Å². The van der Waals surface area contributed by atoms with E-state index < -0.39 is 0 Å². The second-order valence-corrected chi connectivity index (χ2v) is 6.61. The molecule has 0 saturated heterocycles. The van der Waals surface area contributed by atoms with Crippen molar-refractivity contribution in [2.75, 3.05) is 13.7 Å². The van der Waals surface area contributed by atoms with Gasteiger partial charge in [-0.1, -0.05) is 30.9 Å². The van der Waals surface area contributed by atoms with E-state index in [9.17, 15) is 9.18 Å². The van der Waals surface area contributed by atoms with Gasteiger partial charge in [-0.2, -0.15) is 5.10 Å². The standard InChI is InChI=1S/C25H23FN2O4/c1-3-14-31-23-13-10-19(15-24(23)30-2)25(29)28-27-16-18-8-11-21(12-9-18)32-17-20-6-4-5-7-22(20)26/h3-13,15-16H,1,14,17H2,2H3,(H,28,29)/b27-16+. The summed E-state index contributed by atoms with van der Waals surface area (Å²) in [5.74, 6) is 0.864. The Morgan fingerprint density at radius 2 is 1.84 bits per heavy atom. The van der Waals surface area contributed by atoms with Crippen LogP contribution in [0.15, 0.2) is 84.5 Å². The normalized spacial score (nSPS) is 10.6. The molecule has 1 N–H and O–H groups in total. The highest BCUT2D eigenvalue weighted by atomic mass is 19.1. The van der Waals surface area contributed by atoms with Gasteiger partial charge in [-0.3, -0.25) is 4.79 Å². The van der Waals surface area contributed by atoms with Crippen LogP contribution in [-0.2, 0) is 6.61 Å². The van der Waals surface area contributed by atoms with Crippen LogP contribution in [0.1, 0.15) is 21.5 Å². The number of carbonyl (C=O) groups is 1. The second kappa shape index (κ2) is 11.3. The third-order valence-electron chi connectivity index (χ3n) is 4.39. The van der Waals surface area contributed by atoms with Gasteiger partial charge in [-0.15, -0.1) is 0 Å². The lowest BCUT2D eigenvalue weighted by Gasteiger charge is -2.10. The van der Waals surface area contributed by atoms with Gasteiger partial charge in [0.1, 0.15) is 24.8 Å². The van der Waals surface area contributed by atoms with Gasteiger partial charge in [-0.05, 0) is 54.1 Å². The first-order chi connectivity index (χ1) is 15.6. The molecule has 3 aromatic rings. The molecule has 0 unspecified atom stereocenters. The van der Waals surface area contributed by atoms with Crippen LogP contribution in [0, 0.1) is 5.82 Å². The van der Waals surface area contributed by atoms with Gasteiger partial charge < -0.3 is 14.2 Å². The molecule has 0 aliphatic rings. The number of nitrogens with zero attached hydrogens (tertiary/aromatic N) is 1. The molecule has 6 nitrogen and oxygen atoms in total. The van der Waals surface area contributed by atoms with Gasteiger partial charge in [0.15, 0.2) is 11.5 Å². The lowest BCUT2D eigenvalue weighted by Crippen LogP contribution is -2.17. The smallest absolute Gasteiger partial charge is 0.271 e. The molecule has 32 heavy (non-hydrogen) atoms. The van der Waals surface area contributed by atoms with Crippen LogP contribution < -0.4 is 19.6 Å². The predicted octanol–water partition coefficient (Wildman–Crippen LogP) is 4.74. The average molecular weight is 434 g/mol. The Kier molecular flexibility index (Phi) is 7.97. The summed E-state index contributed by atoms with van der Waals surface area (Å²) in [6.45, 7) is 4.07. The summed E-state index contributed by atoms with van der Waals surface area (Å²) in [4.78, 5) is 12.3. The number of hydrogen-bond donors (Lipinski definition) is 1. The minimum atomic E-state index is -0.389. The zero-order valence-corrected chi connectivity index (χ0v) is 17.6. The molecule has 0 saturated carbocycles. The van der Waals surface area contributed by atoms with E-state index in [1.54, 1.807) is 66.7 Å². The fraction of sp³-hybridized carbons (Fsp3) is 0.120. The van der Waals surface area contributed by atoms with Crippen LogP contribution >= 0.6 is 0 Å². The first-order valence-corrected chi connectivity index (χ1v) is 9.82. The molecule has 3 rings (SSSR count). The van der Waals surface area contributed by atoms with Gasteiger partial charge in [0.05, 0.1) is 13.3 Å². The van der Waals surface area contributed by atoms with Gasteiger partial charge in [-0.25, -0.2) is 9.82 Å². The fourth-order valence-corrected chi connectivity index (χ4v) is 2.73. The zero-order chi connectivity index (χ0) is 22.8. The topological polar surface area (TPSA) is 69.2 Å². The third kappa shape index (κ3) is 6.18. The summed E-state index contributed by atoms with van der Waals surface area (Å²) in [6.07, 6.45) is 3.13. The largest absolute Gasteiger partial charge is 0.493 e. The van der Waals surface area contributed by atoms with Crippen molar-refractivity contribution < 1.29 is 23.4 Å². The highest BCUT2D eigenvalue weighted by Crippen LogP contribution is 2.28. The Labute approximate surface area is 185 Å². The highest BCUT2D eigenvalue weighted by molar-refractivity contribution is 5.95. The number of hydrogen-bond acceptors (Lipinski definition) is 5. The van der Waals surface area contributed by atoms with Gasteiger partial charge in [0.25, 0.3) is 5.91 Å². The average Bonchev–Trinajstić information content (AvgIpc) is 2.83. The lowest BCUT2D eigenvalue weighted by atomic mass is 10.2. The van der Waals surface area contributed by atoms with Crippen LogP contribution in [0.3, 0.4) is 0 Å². The summed E-state index contributed by atoms with van der Waals surface area (Å²) in [6, 6.07) is 18.4. The monoisotopic (exact) mass is 434 g/mol. The number of benzene rings is 3. The van der Waals surface area contributed by atoms with E-state index in [0.29, 0.717) is 35.0 Å². The summed E-state index contributed by atoms with van der Waals surface area (Å²) in [5.41, 5.74) is 4.09. The SMILES string of the molecule is C=CCOc1ccc(C(=O)N/N=C/c2ccc(OCc3ccccc3F)cc2)cc1OC. The van der Waals surface area contributed by atoms with E-state index in [1.807, 2.05) is 0 Å². The Bertz CT molecular complexity index is 1100. The van der Waals surface area contributed by atoms with E-state index in [0.717, 1.165) is 5.56 Å². The molecule has 3 aromatic carbocycles. The van der Waals surface area contributed by atoms with Crippen LogP contribution in [0.5, 0.6) is 17.2 Å². The Hall–Kier alpha value is -4.13. The number of carbonyl (C=O) groups excluding carboxylic acids is 1. The Balaban J connectivity index is 1.54. The Morgan fingerprint density at radius 1 is 1.06 bits per heavy atom. The van der Waals surface area contributed by atoms with Gasteiger partial charge in [0, 0.05) is 11.1 Å². The van der Waals surface area contributed by atoms with E-state index in [1.165, 1.54) is 19.4 Å². The number of halogens is 1. The number of rotatable bonds is 10. The number of hydrazone groups is 1. The predicted molar refractivity (Wildman–Crippen MR) is 121 cm³/mol. The summed E-state index contributed by atoms with van der Waals surface area (Å²) < 4.78 is 30.0. The molecule has 0 bridgehead atoms. The molecule has 1 amide bonds. The van der Waals surface area contributed by atoms with Crippen molar-refractivity contribution in [1.29, 1.82) is 0 Å². The van der Waals surface area contributed by atoms with Crippen LogP contribution in [-0.4, -0.2) is 25.8 Å². The van der Waals surface area contributed by atoms with Crippen molar-refractivity contribution in [1.82, 2.24) is 5.43 Å². The molecule has 0 fully saturated rings. The molecule has 0 aliphatic heterocycles. The highest BCUT2D eigenvalue weighted by Gasteiger charge is 2.10. The summed E-state index contributed by atoms with van der Waals surface area (Å²) >= 11 is 0. The van der Waals surface area contributed by atoms with Crippen molar-refractivity contribution in [2.24, 2.45) is 5.10 Å². The second-order valence-electron chi connectivity index (χ2n) is 6.61. The first kappa shape index (κ1) is 22.6. The molecule has 0 heterocycles. The maximum Gasteiger partial charge on any atom is 0.271 e. The minimum absolute atomic E-state index is 0.136. The maximum absolute atomic E-state index is 13.6. The number of nitrogens with one attached hydrogen (secondary N) is 1. The van der Waals surface area contributed by atoms with Crippen molar-refractivity contribution in [2.45, 2.75) is 6.61 Å². The number of ether oxygens (including phenoxy) is 3. The van der Waals surface area contributed by atoms with Crippen molar-refractivity contribution >= 4 is 12.1 Å². The molecule has 0 atom stereocenters. The zero-order valence-electron chi connectivity index (χ0n) is 17.6. The van der Waals surface area contributed by atoms with Gasteiger partial charge >= 0.3 is 0 Å². The van der Waals surface area contributed by atoms with E-state index in [4.69, 9.17) is 14.2 Å². The molecular formula is C25H23FN2O4. The molecule has 0 aliphatic carbocycles. The molecular weight excluding hydrogens is 411 g/mol. The Morgan fingerprint density at radius 3 is 2.56 bits per heavy atom. The summed E-state index contributed by atoms with van der Waals surface area (Å²) in [5, 5.41) is 3.98. The minimum Gasteiger partial charge on any atom is -0.493 e. The van der Waals surface area contributed by atoms with Crippen molar-refractivity contribution in [3.05, 3.63) is 102 Å². The van der Waals surface area contributed by atoms with Crippen LogP contribution in [0.2, 0.25) is 0 Å². The van der Waals surface area contributed by atoms with Crippen molar-refractivity contribution in [3.8, 4) is 17.2 Å². The lowest BCUT2D eigenvalue weighted by molar-refractivity contribution is 0.0954. The molecule has 0 radical (unpaired) electrons.